The zero-order chi connectivity index (χ0) is 30.1. The van der Waals surface area contributed by atoms with Crippen LogP contribution in [0.2, 0.25) is 0 Å². The monoisotopic (exact) mass is 568 g/mol. The van der Waals surface area contributed by atoms with Crippen molar-refractivity contribution in [2.45, 2.75) is 96.9 Å². The number of urea groups is 1. The Hall–Kier alpha value is -3.67. The minimum Gasteiger partial charge on any atom is -0.352 e. The molecule has 0 radical (unpaired) electrons. The van der Waals surface area contributed by atoms with Gasteiger partial charge < -0.3 is 15.5 Å². The number of hydrogen-bond acceptors (Lipinski definition) is 3. The van der Waals surface area contributed by atoms with E-state index in [1.807, 2.05) is 48.4 Å². The highest BCUT2D eigenvalue weighted by atomic mass is 16.2. The third kappa shape index (κ3) is 7.58. The standard InChI is InChI=1S/C36H48N4O2/c1-6-21-38-34(41)29-15-12-14-28(23-29)24-40(25-36(19-9-7-10-20-36)32-18-8-11-22-37-32)35(42)39-33-30(26(2)3)16-13-17-31(33)27(4)5/h8,11-18,22-23,26-27H,6-7,9-10,19-21,24-25H2,1-5H3,(H,38,41)(H,39,42). The summed E-state index contributed by atoms with van der Waals surface area (Å²) in [4.78, 5) is 33.9. The molecule has 2 N–H and O–H groups in total. The third-order valence-corrected chi connectivity index (χ3v) is 8.50. The van der Waals surface area contributed by atoms with Crippen molar-refractivity contribution in [1.29, 1.82) is 0 Å². The van der Waals surface area contributed by atoms with Crippen molar-refractivity contribution in [1.82, 2.24) is 15.2 Å². The molecule has 3 aromatic rings. The van der Waals surface area contributed by atoms with Gasteiger partial charge in [0.2, 0.25) is 0 Å². The Bertz CT molecular complexity index is 1300. The van der Waals surface area contributed by atoms with E-state index in [0.717, 1.165) is 60.2 Å². The Kier molecular flexibility index (Phi) is 10.8. The van der Waals surface area contributed by atoms with Crippen LogP contribution in [0.25, 0.3) is 0 Å². The van der Waals surface area contributed by atoms with E-state index in [1.54, 1.807) is 0 Å². The van der Waals surface area contributed by atoms with Crippen molar-refractivity contribution in [2.75, 3.05) is 18.4 Å². The molecule has 42 heavy (non-hydrogen) atoms. The third-order valence-electron chi connectivity index (χ3n) is 8.50. The highest BCUT2D eigenvalue weighted by Gasteiger charge is 2.38. The maximum Gasteiger partial charge on any atom is 0.322 e. The van der Waals surface area contributed by atoms with E-state index in [9.17, 15) is 9.59 Å². The number of nitrogens with zero attached hydrogens (tertiary/aromatic N) is 2. The van der Waals surface area contributed by atoms with E-state index in [1.165, 1.54) is 6.42 Å². The highest BCUT2D eigenvalue weighted by molar-refractivity contribution is 5.94. The van der Waals surface area contributed by atoms with Crippen LogP contribution in [-0.4, -0.2) is 34.9 Å². The first-order valence-corrected chi connectivity index (χ1v) is 15.7. The molecule has 1 saturated carbocycles. The van der Waals surface area contributed by atoms with Crippen LogP contribution in [0.3, 0.4) is 0 Å². The first-order valence-electron chi connectivity index (χ1n) is 15.7. The molecule has 6 nitrogen and oxygen atoms in total. The maximum atomic E-state index is 14.4. The molecule has 1 heterocycles. The van der Waals surface area contributed by atoms with Gasteiger partial charge in [0, 0.05) is 48.2 Å². The summed E-state index contributed by atoms with van der Waals surface area (Å²) < 4.78 is 0. The van der Waals surface area contributed by atoms with Crippen molar-refractivity contribution in [3.8, 4) is 0 Å². The van der Waals surface area contributed by atoms with Crippen LogP contribution in [0.5, 0.6) is 0 Å². The summed E-state index contributed by atoms with van der Waals surface area (Å²) in [6.45, 7) is 12.3. The van der Waals surface area contributed by atoms with E-state index in [2.05, 4.69) is 68.7 Å². The molecular formula is C36H48N4O2. The van der Waals surface area contributed by atoms with E-state index < -0.39 is 0 Å². The van der Waals surface area contributed by atoms with Gasteiger partial charge in [0.25, 0.3) is 5.91 Å². The molecule has 2 aromatic carbocycles. The molecule has 4 rings (SSSR count). The molecule has 1 fully saturated rings. The lowest BCUT2D eigenvalue weighted by atomic mass is 9.71. The number of rotatable bonds is 11. The largest absolute Gasteiger partial charge is 0.352 e. The number of para-hydroxylation sites is 1. The van der Waals surface area contributed by atoms with E-state index >= 15 is 0 Å². The zero-order valence-corrected chi connectivity index (χ0v) is 26.1. The van der Waals surface area contributed by atoms with Gasteiger partial charge in [-0.2, -0.15) is 0 Å². The number of amides is 3. The second kappa shape index (κ2) is 14.5. The Morgan fingerprint density at radius 3 is 2.21 bits per heavy atom. The summed E-state index contributed by atoms with van der Waals surface area (Å²) in [7, 11) is 0. The van der Waals surface area contributed by atoms with Gasteiger partial charge in [-0.05, 0) is 72.1 Å². The van der Waals surface area contributed by atoms with Crippen LogP contribution in [-0.2, 0) is 12.0 Å². The fourth-order valence-electron chi connectivity index (χ4n) is 6.22. The van der Waals surface area contributed by atoms with Crippen LogP contribution >= 0.6 is 0 Å². The van der Waals surface area contributed by atoms with Gasteiger partial charge in [-0.1, -0.05) is 90.3 Å². The van der Waals surface area contributed by atoms with E-state index in [4.69, 9.17) is 4.98 Å². The van der Waals surface area contributed by atoms with Gasteiger partial charge in [0.15, 0.2) is 0 Å². The Morgan fingerprint density at radius 2 is 1.60 bits per heavy atom. The molecule has 3 amide bonds. The molecule has 0 bridgehead atoms. The van der Waals surface area contributed by atoms with Gasteiger partial charge >= 0.3 is 6.03 Å². The fourth-order valence-corrected chi connectivity index (χ4v) is 6.22. The number of aromatic nitrogens is 1. The molecule has 1 aromatic heterocycles. The van der Waals surface area contributed by atoms with Crippen LogP contribution < -0.4 is 10.6 Å². The number of anilines is 1. The molecule has 1 aliphatic carbocycles. The SMILES string of the molecule is CCCNC(=O)c1cccc(CN(CC2(c3ccccn3)CCCCC2)C(=O)Nc2c(C(C)C)cccc2C(C)C)c1. The van der Waals surface area contributed by atoms with Crippen molar-refractivity contribution < 1.29 is 9.59 Å². The van der Waals surface area contributed by atoms with Crippen molar-refractivity contribution in [3.05, 3.63) is 94.8 Å². The average molecular weight is 569 g/mol. The molecule has 0 atom stereocenters. The minimum atomic E-state index is -0.217. The predicted octanol–water partition coefficient (Wildman–Crippen LogP) is 8.40. The molecule has 6 heteroatoms. The average Bonchev–Trinajstić information content (AvgIpc) is 3.00. The Labute approximate surface area is 252 Å². The van der Waals surface area contributed by atoms with Crippen LogP contribution in [0.4, 0.5) is 10.5 Å². The van der Waals surface area contributed by atoms with Crippen LogP contribution in [0.15, 0.2) is 66.9 Å². The molecule has 0 unspecified atom stereocenters. The Morgan fingerprint density at radius 1 is 0.905 bits per heavy atom. The molecule has 224 valence electrons. The van der Waals surface area contributed by atoms with Crippen LogP contribution in [0.1, 0.15) is 118 Å². The zero-order valence-electron chi connectivity index (χ0n) is 26.1. The number of pyridine rings is 1. The second-order valence-corrected chi connectivity index (χ2v) is 12.4. The number of carbonyl (C=O) groups excluding carboxylic acids is 2. The van der Waals surface area contributed by atoms with Crippen molar-refractivity contribution in [2.24, 2.45) is 0 Å². The molecule has 0 aliphatic heterocycles. The van der Waals surface area contributed by atoms with Crippen molar-refractivity contribution in [3.63, 3.8) is 0 Å². The normalized spacial score (nSPS) is 14.5. The van der Waals surface area contributed by atoms with E-state index in [0.29, 0.717) is 25.2 Å². The Balaban J connectivity index is 1.72. The minimum absolute atomic E-state index is 0.0839. The van der Waals surface area contributed by atoms with E-state index in [-0.39, 0.29) is 29.2 Å². The number of nitrogens with one attached hydrogen (secondary N) is 2. The first-order chi connectivity index (χ1) is 20.2. The highest BCUT2D eigenvalue weighted by Crippen LogP contribution is 2.40. The predicted molar refractivity (Wildman–Crippen MR) is 172 cm³/mol. The first kappa shape index (κ1) is 31.3. The molecular weight excluding hydrogens is 520 g/mol. The van der Waals surface area contributed by atoms with Crippen LogP contribution in [0, 0.1) is 0 Å². The van der Waals surface area contributed by atoms with Gasteiger partial charge in [-0.15, -0.1) is 0 Å². The summed E-state index contributed by atoms with van der Waals surface area (Å²) in [5, 5.41) is 6.34. The topological polar surface area (TPSA) is 74.3 Å². The summed E-state index contributed by atoms with van der Waals surface area (Å²) in [6.07, 6.45) is 8.17. The van der Waals surface area contributed by atoms with Gasteiger partial charge in [0.1, 0.15) is 0 Å². The molecule has 1 aliphatic rings. The van der Waals surface area contributed by atoms with Gasteiger partial charge in [0.05, 0.1) is 0 Å². The maximum absolute atomic E-state index is 14.4. The summed E-state index contributed by atoms with van der Waals surface area (Å²) >= 11 is 0. The van der Waals surface area contributed by atoms with Gasteiger partial charge in [-0.3, -0.25) is 9.78 Å². The number of hydrogen-bond donors (Lipinski definition) is 2. The lowest BCUT2D eigenvalue weighted by Gasteiger charge is -2.41. The number of benzene rings is 2. The fraction of sp³-hybridized carbons (Fsp3) is 0.472. The summed E-state index contributed by atoms with van der Waals surface area (Å²) in [6, 6.07) is 20.0. The lowest BCUT2D eigenvalue weighted by molar-refractivity contribution is 0.0953. The quantitative estimate of drug-likeness (QED) is 0.244. The summed E-state index contributed by atoms with van der Waals surface area (Å²) in [5.74, 6) is 0.451. The second-order valence-electron chi connectivity index (χ2n) is 12.4. The molecule has 0 saturated heterocycles. The number of carbonyl (C=O) groups is 2. The van der Waals surface area contributed by atoms with Gasteiger partial charge in [-0.25, -0.2) is 4.79 Å². The molecule has 0 spiro atoms. The summed E-state index contributed by atoms with van der Waals surface area (Å²) in [5.41, 5.74) is 5.59. The smallest absolute Gasteiger partial charge is 0.322 e. The lowest BCUT2D eigenvalue weighted by Crippen LogP contribution is -2.46. The van der Waals surface area contributed by atoms with Crippen molar-refractivity contribution >= 4 is 17.6 Å².